The lowest BCUT2D eigenvalue weighted by atomic mass is 10.0. The van der Waals surface area contributed by atoms with Gasteiger partial charge in [0.1, 0.15) is 18.4 Å². The minimum atomic E-state index is -0.996. The molecule has 0 aliphatic carbocycles. The van der Waals surface area contributed by atoms with Gasteiger partial charge in [-0.25, -0.2) is 0 Å². The standard InChI is InChI=1S/C25H25N3O5S/c29-21-9-8-19(23(30)26-21)28-24(31)18-2-1-3-20(22(18)25(28)32)33-15-17-6-4-16(5-7-17)14-27-10-12-34-13-11-27/h1-7,19H,8-15H2,(H,26,29,30). The van der Waals surface area contributed by atoms with E-state index in [9.17, 15) is 19.2 Å². The third kappa shape index (κ3) is 4.45. The van der Waals surface area contributed by atoms with Crippen LogP contribution in [0.5, 0.6) is 5.75 Å². The summed E-state index contributed by atoms with van der Waals surface area (Å²) in [5.41, 5.74) is 2.57. The number of carbonyl (C=O) groups is 4. The molecule has 0 radical (unpaired) electrons. The molecule has 5 rings (SSSR count). The molecule has 2 aromatic carbocycles. The number of fused-ring (bicyclic) bond motifs is 1. The van der Waals surface area contributed by atoms with Crippen LogP contribution in [0.15, 0.2) is 42.5 Å². The Morgan fingerprint density at radius 1 is 0.941 bits per heavy atom. The zero-order valence-electron chi connectivity index (χ0n) is 18.6. The normalized spacial score (nSPS) is 20.9. The Morgan fingerprint density at radius 3 is 2.41 bits per heavy atom. The Morgan fingerprint density at radius 2 is 1.68 bits per heavy atom. The highest BCUT2D eigenvalue weighted by Gasteiger charge is 2.46. The third-order valence-electron chi connectivity index (χ3n) is 6.36. The van der Waals surface area contributed by atoms with E-state index in [0.717, 1.165) is 30.1 Å². The Labute approximate surface area is 201 Å². The van der Waals surface area contributed by atoms with Gasteiger partial charge in [0.25, 0.3) is 11.8 Å². The summed E-state index contributed by atoms with van der Waals surface area (Å²) >= 11 is 1.99. The highest BCUT2D eigenvalue weighted by molar-refractivity contribution is 7.99. The first kappa shape index (κ1) is 22.6. The minimum absolute atomic E-state index is 0.0832. The summed E-state index contributed by atoms with van der Waals surface area (Å²) < 4.78 is 5.96. The molecule has 8 nitrogen and oxygen atoms in total. The van der Waals surface area contributed by atoms with Crippen molar-refractivity contribution in [3.63, 3.8) is 0 Å². The molecule has 1 N–H and O–H groups in total. The maximum absolute atomic E-state index is 13.2. The Bertz CT molecular complexity index is 1140. The second-order valence-electron chi connectivity index (χ2n) is 8.62. The fourth-order valence-corrected chi connectivity index (χ4v) is 5.50. The van der Waals surface area contributed by atoms with Crippen molar-refractivity contribution in [3.05, 3.63) is 64.7 Å². The molecule has 0 saturated carbocycles. The van der Waals surface area contributed by atoms with Crippen molar-refractivity contribution in [3.8, 4) is 5.75 Å². The van der Waals surface area contributed by atoms with Gasteiger partial charge in [0.05, 0.1) is 11.1 Å². The SMILES string of the molecule is O=C1CCC(N2C(=O)c3cccc(OCc4ccc(CN5CCSCC5)cc4)c3C2=O)C(=O)N1. The molecule has 0 bridgehead atoms. The number of benzene rings is 2. The van der Waals surface area contributed by atoms with Crippen LogP contribution in [0.3, 0.4) is 0 Å². The van der Waals surface area contributed by atoms with E-state index in [1.807, 2.05) is 23.9 Å². The van der Waals surface area contributed by atoms with Crippen LogP contribution >= 0.6 is 11.8 Å². The molecule has 2 fully saturated rings. The number of imide groups is 2. The van der Waals surface area contributed by atoms with Crippen molar-refractivity contribution in [2.45, 2.75) is 32.0 Å². The summed E-state index contributed by atoms with van der Waals surface area (Å²) in [6, 6.07) is 12.1. The van der Waals surface area contributed by atoms with E-state index in [0.29, 0.717) is 5.75 Å². The van der Waals surface area contributed by atoms with Crippen molar-refractivity contribution >= 4 is 35.4 Å². The molecule has 1 unspecified atom stereocenters. The lowest BCUT2D eigenvalue weighted by Crippen LogP contribution is -2.54. The smallest absolute Gasteiger partial charge is 0.266 e. The van der Waals surface area contributed by atoms with Crippen LogP contribution < -0.4 is 10.1 Å². The molecule has 0 spiro atoms. The highest BCUT2D eigenvalue weighted by atomic mass is 32.2. The van der Waals surface area contributed by atoms with Crippen LogP contribution in [0.1, 0.15) is 44.7 Å². The zero-order chi connectivity index (χ0) is 23.7. The van der Waals surface area contributed by atoms with Crippen LogP contribution in [-0.2, 0) is 22.7 Å². The van der Waals surface area contributed by atoms with Gasteiger partial charge in [-0.05, 0) is 29.7 Å². The van der Waals surface area contributed by atoms with Crippen molar-refractivity contribution in [2.24, 2.45) is 0 Å². The van der Waals surface area contributed by atoms with Crippen molar-refractivity contribution in [1.82, 2.24) is 15.1 Å². The van der Waals surface area contributed by atoms with Crippen molar-refractivity contribution < 1.29 is 23.9 Å². The van der Waals surface area contributed by atoms with Crippen LogP contribution in [-0.4, -0.2) is 64.1 Å². The average Bonchev–Trinajstić information content (AvgIpc) is 3.10. The topological polar surface area (TPSA) is 96.0 Å². The van der Waals surface area contributed by atoms with Gasteiger partial charge in [0, 0.05) is 37.6 Å². The van der Waals surface area contributed by atoms with Gasteiger partial charge in [0.15, 0.2) is 0 Å². The van der Waals surface area contributed by atoms with E-state index in [1.165, 1.54) is 17.1 Å². The summed E-state index contributed by atoms with van der Waals surface area (Å²) in [7, 11) is 0. The molecule has 3 aliphatic heterocycles. The number of hydrogen-bond acceptors (Lipinski definition) is 7. The van der Waals surface area contributed by atoms with E-state index in [1.54, 1.807) is 18.2 Å². The monoisotopic (exact) mass is 479 g/mol. The first-order valence-electron chi connectivity index (χ1n) is 11.4. The molecule has 2 saturated heterocycles. The number of rotatable bonds is 6. The molecule has 1 atom stereocenters. The number of thioether (sulfide) groups is 1. The van der Waals surface area contributed by atoms with Crippen LogP contribution in [0, 0.1) is 0 Å². The molecule has 9 heteroatoms. The van der Waals surface area contributed by atoms with Gasteiger partial charge in [-0.15, -0.1) is 0 Å². The van der Waals surface area contributed by atoms with E-state index >= 15 is 0 Å². The number of nitrogens with one attached hydrogen (secondary N) is 1. The summed E-state index contributed by atoms with van der Waals surface area (Å²) in [6.07, 6.45) is 0.203. The van der Waals surface area contributed by atoms with E-state index < -0.39 is 29.7 Å². The highest BCUT2D eigenvalue weighted by Crippen LogP contribution is 2.34. The Balaban J connectivity index is 1.27. The van der Waals surface area contributed by atoms with E-state index in [2.05, 4.69) is 22.3 Å². The lowest BCUT2D eigenvalue weighted by molar-refractivity contribution is -0.136. The molecule has 34 heavy (non-hydrogen) atoms. The van der Waals surface area contributed by atoms with Crippen molar-refractivity contribution in [2.75, 3.05) is 24.6 Å². The number of nitrogens with zero attached hydrogens (tertiary/aromatic N) is 2. The molecule has 3 aliphatic rings. The molecule has 2 aromatic rings. The van der Waals surface area contributed by atoms with Crippen LogP contribution in [0.4, 0.5) is 0 Å². The third-order valence-corrected chi connectivity index (χ3v) is 7.30. The largest absolute Gasteiger partial charge is 0.488 e. The second kappa shape index (κ2) is 9.60. The minimum Gasteiger partial charge on any atom is -0.488 e. The van der Waals surface area contributed by atoms with Crippen LogP contribution in [0.2, 0.25) is 0 Å². The Hall–Kier alpha value is -3.17. The summed E-state index contributed by atoms with van der Waals surface area (Å²) in [5, 5.41) is 2.21. The van der Waals surface area contributed by atoms with Gasteiger partial charge in [-0.2, -0.15) is 11.8 Å². The number of amides is 4. The van der Waals surface area contributed by atoms with E-state index in [4.69, 9.17) is 4.74 Å². The quantitative estimate of drug-likeness (QED) is 0.635. The van der Waals surface area contributed by atoms with E-state index in [-0.39, 0.29) is 30.6 Å². The number of ether oxygens (including phenoxy) is 1. The predicted molar refractivity (Wildman–Crippen MR) is 126 cm³/mol. The molecule has 0 aromatic heterocycles. The Kier molecular flexibility index (Phi) is 6.38. The lowest BCUT2D eigenvalue weighted by Gasteiger charge is -2.27. The predicted octanol–water partition coefficient (Wildman–Crippen LogP) is 2.22. The summed E-state index contributed by atoms with van der Waals surface area (Å²) in [5.74, 6) is 0.519. The summed E-state index contributed by atoms with van der Waals surface area (Å²) in [6.45, 7) is 3.39. The maximum atomic E-state index is 13.2. The van der Waals surface area contributed by atoms with Gasteiger partial charge in [0.2, 0.25) is 11.8 Å². The van der Waals surface area contributed by atoms with Gasteiger partial charge >= 0.3 is 0 Å². The first-order valence-corrected chi connectivity index (χ1v) is 12.5. The zero-order valence-corrected chi connectivity index (χ0v) is 19.4. The fourth-order valence-electron chi connectivity index (χ4n) is 4.52. The van der Waals surface area contributed by atoms with Gasteiger partial charge in [-0.1, -0.05) is 30.3 Å². The summed E-state index contributed by atoms with van der Waals surface area (Å²) in [4.78, 5) is 53.2. The number of piperidine rings is 1. The first-order chi connectivity index (χ1) is 16.5. The second-order valence-corrected chi connectivity index (χ2v) is 9.84. The van der Waals surface area contributed by atoms with Gasteiger partial charge < -0.3 is 4.74 Å². The van der Waals surface area contributed by atoms with Gasteiger partial charge in [-0.3, -0.25) is 34.3 Å². The molecule has 4 amide bonds. The number of carbonyl (C=O) groups excluding carboxylic acids is 4. The molecular formula is C25H25N3O5S. The average molecular weight is 480 g/mol. The van der Waals surface area contributed by atoms with Crippen molar-refractivity contribution in [1.29, 1.82) is 0 Å². The molecule has 3 heterocycles. The maximum Gasteiger partial charge on any atom is 0.266 e. The van der Waals surface area contributed by atoms with Crippen LogP contribution in [0.25, 0.3) is 0 Å². The molecule has 176 valence electrons. The number of hydrogen-bond donors (Lipinski definition) is 1. The molecular weight excluding hydrogens is 454 g/mol. The fraction of sp³-hybridized carbons (Fsp3) is 0.360.